The van der Waals surface area contributed by atoms with Crippen molar-refractivity contribution in [1.29, 1.82) is 0 Å². The van der Waals surface area contributed by atoms with E-state index in [2.05, 4.69) is 99.6 Å². The minimum atomic E-state index is -0.227. The summed E-state index contributed by atoms with van der Waals surface area (Å²) in [4.78, 5) is 47.0. The fourth-order valence-corrected chi connectivity index (χ4v) is 10.6. The molecular weight excluding hydrogens is 769 g/mol. The lowest BCUT2D eigenvalue weighted by atomic mass is 9.94. The maximum atomic E-state index is 14.4. The normalized spacial score (nSPS) is 22.6. The van der Waals surface area contributed by atoms with E-state index >= 15 is 0 Å². The predicted molar refractivity (Wildman–Crippen MR) is 248 cm³/mol. The van der Waals surface area contributed by atoms with Crippen LogP contribution in [0.2, 0.25) is 0 Å². The first-order valence-electron chi connectivity index (χ1n) is 23.1. The van der Waals surface area contributed by atoms with Crippen molar-refractivity contribution >= 4 is 34.4 Å². The molecule has 4 saturated heterocycles. The second-order valence-electron chi connectivity index (χ2n) is 17.9. The van der Waals surface area contributed by atoms with Gasteiger partial charge < -0.3 is 14.5 Å². The molecular formula is C53H58N6O3. The molecule has 0 radical (unpaired) electrons. The first kappa shape index (κ1) is 40.6. The van der Waals surface area contributed by atoms with Crippen LogP contribution in [0.25, 0.3) is 22.3 Å². The lowest BCUT2D eigenvalue weighted by Crippen LogP contribution is -2.48. The monoisotopic (exact) mass is 826 g/mol. The third kappa shape index (κ3) is 8.63. The van der Waals surface area contributed by atoms with Crippen LogP contribution >= 0.6 is 0 Å². The highest BCUT2D eigenvalue weighted by Crippen LogP contribution is 2.36. The van der Waals surface area contributed by atoms with Crippen molar-refractivity contribution in [2.75, 3.05) is 52.5 Å². The van der Waals surface area contributed by atoms with E-state index in [1.54, 1.807) is 0 Å². The fourth-order valence-electron chi connectivity index (χ4n) is 10.6. The molecule has 2 amide bonds. The summed E-state index contributed by atoms with van der Waals surface area (Å²) < 4.78 is 5.49. The van der Waals surface area contributed by atoms with Crippen LogP contribution in [0.5, 0.6) is 0 Å². The Balaban J connectivity index is 0.734. The van der Waals surface area contributed by atoms with Crippen molar-refractivity contribution < 1.29 is 14.3 Å². The minimum absolute atomic E-state index is 0.0366. The molecule has 0 aliphatic carbocycles. The number of piperidine rings is 1. The molecule has 6 heterocycles. The molecule has 0 unspecified atom stereocenters. The summed E-state index contributed by atoms with van der Waals surface area (Å²) in [6, 6.07) is 36.1. The summed E-state index contributed by atoms with van der Waals surface area (Å²) in [6.07, 6.45) is 13.0. The van der Waals surface area contributed by atoms with Gasteiger partial charge in [0.25, 0.3) is 5.91 Å². The quantitative estimate of drug-likeness (QED) is 0.151. The SMILES string of the molecule is O=C(c1ccc(CN2CCOCC2)cc1)N1CCC[C@H]1C1=NC=C(c2ccc(-c3ccc(C4=CN=C([C@@H]5CCCN5C(=O)[C@@H](c5ccccc5)N5CCCCC5)C4)cc3)cc2)C1. The molecule has 0 saturated carbocycles. The summed E-state index contributed by atoms with van der Waals surface area (Å²) in [6.45, 7) is 7.86. The summed E-state index contributed by atoms with van der Waals surface area (Å²) in [5.74, 6) is 0.330. The molecule has 0 spiro atoms. The average molecular weight is 827 g/mol. The second-order valence-corrected chi connectivity index (χ2v) is 17.9. The molecule has 3 atom stereocenters. The molecule has 4 aromatic carbocycles. The number of hydrogen-bond acceptors (Lipinski definition) is 7. The van der Waals surface area contributed by atoms with Crippen LogP contribution in [-0.4, -0.2) is 107 Å². The average Bonchev–Trinajstić information content (AvgIpc) is 4.18. The van der Waals surface area contributed by atoms with Gasteiger partial charge in [-0.25, -0.2) is 0 Å². The van der Waals surface area contributed by atoms with Crippen molar-refractivity contribution in [3.8, 4) is 11.1 Å². The van der Waals surface area contributed by atoms with Crippen LogP contribution in [0.3, 0.4) is 0 Å². The van der Waals surface area contributed by atoms with Crippen molar-refractivity contribution in [2.24, 2.45) is 9.98 Å². The van der Waals surface area contributed by atoms with E-state index in [-0.39, 0.29) is 29.9 Å². The lowest BCUT2D eigenvalue weighted by molar-refractivity contribution is -0.137. The first-order valence-corrected chi connectivity index (χ1v) is 23.1. The minimum Gasteiger partial charge on any atom is -0.379 e. The molecule has 4 aromatic rings. The number of aliphatic imine (C=N–C) groups is 2. The number of nitrogens with zero attached hydrogens (tertiary/aromatic N) is 6. The van der Waals surface area contributed by atoms with Gasteiger partial charge in [0.15, 0.2) is 0 Å². The summed E-state index contributed by atoms with van der Waals surface area (Å²) in [7, 11) is 0. The van der Waals surface area contributed by atoms with Crippen LogP contribution in [0, 0.1) is 0 Å². The van der Waals surface area contributed by atoms with Crippen molar-refractivity contribution in [3.63, 3.8) is 0 Å². The highest BCUT2D eigenvalue weighted by atomic mass is 16.5. The Morgan fingerprint density at radius 2 is 1.13 bits per heavy atom. The molecule has 9 heteroatoms. The number of amides is 2. The van der Waals surface area contributed by atoms with E-state index < -0.39 is 0 Å². The maximum absolute atomic E-state index is 14.4. The van der Waals surface area contributed by atoms with Gasteiger partial charge in [0.1, 0.15) is 6.04 Å². The van der Waals surface area contributed by atoms with Crippen molar-refractivity contribution in [3.05, 3.63) is 143 Å². The Bertz CT molecular complexity index is 2360. The number of hydrogen-bond donors (Lipinski definition) is 0. The lowest BCUT2D eigenvalue weighted by Gasteiger charge is -2.37. The number of ether oxygens (including phenoxy) is 1. The Hall–Kier alpha value is -5.48. The zero-order valence-electron chi connectivity index (χ0n) is 35.8. The number of morpholine rings is 1. The maximum Gasteiger partial charge on any atom is 0.254 e. The van der Waals surface area contributed by atoms with E-state index in [4.69, 9.17) is 14.7 Å². The molecule has 10 rings (SSSR count). The van der Waals surface area contributed by atoms with Crippen molar-refractivity contribution in [1.82, 2.24) is 19.6 Å². The van der Waals surface area contributed by atoms with Gasteiger partial charge >= 0.3 is 0 Å². The van der Waals surface area contributed by atoms with Gasteiger partial charge in [0, 0.05) is 75.0 Å². The van der Waals surface area contributed by atoms with Crippen LogP contribution in [0.4, 0.5) is 0 Å². The summed E-state index contributed by atoms with van der Waals surface area (Å²) >= 11 is 0. The van der Waals surface area contributed by atoms with Crippen LogP contribution < -0.4 is 0 Å². The van der Waals surface area contributed by atoms with Gasteiger partial charge in [0.2, 0.25) is 5.91 Å². The molecule has 0 N–H and O–H groups in total. The van der Waals surface area contributed by atoms with Gasteiger partial charge in [-0.1, -0.05) is 97.4 Å². The zero-order chi connectivity index (χ0) is 41.8. The standard InChI is InChI=1S/C53H58N6O3/c60-52(44-15-13-38(14-16-44)37-56-29-31-62-32-30-56)58-27-7-11-49(58)47-33-45(35-54-47)41-21-17-39(18-22-41)40-19-23-42(24-20-40)46-34-48(55-36-46)50-12-8-28-59(50)53(61)51(43-9-3-1-4-10-43)57-25-5-2-6-26-57/h1,3-4,9-10,13-24,35-36,49-51H,2,5-8,11-12,25-34,37H2/t49-,50-,51+/m0/s1. The molecule has 62 heavy (non-hydrogen) atoms. The van der Waals surface area contributed by atoms with Crippen LogP contribution in [0.15, 0.2) is 126 Å². The second kappa shape index (κ2) is 18.5. The number of carbonyl (C=O) groups is 2. The Labute approximate surface area is 366 Å². The third-order valence-corrected chi connectivity index (χ3v) is 14.0. The molecule has 0 aromatic heterocycles. The number of benzene rings is 4. The number of rotatable bonds is 11. The van der Waals surface area contributed by atoms with E-state index in [9.17, 15) is 9.59 Å². The Morgan fingerprint density at radius 1 is 0.581 bits per heavy atom. The van der Waals surface area contributed by atoms with Gasteiger partial charge in [-0.05, 0) is 108 Å². The molecule has 0 bridgehead atoms. The number of carbonyl (C=O) groups excluding carboxylic acids is 2. The van der Waals surface area contributed by atoms with Crippen LogP contribution in [0.1, 0.15) is 96.4 Å². The summed E-state index contributed by atoms with van der Waals surface area (Å²) in [5, 5.41) is 0. The van der Waals surface area contributed by atoms with Gasteiger partial charge in [-0.15, -0.1) is 0 Å². The molecule has 6 aliphatic heterocycles. The fraction of sp³-hybridized carbons (Fsp3) is 0.396. The smallest absolute Gasteiger partial charge is 0.254 e. The Morgan fingerprint density at radius 3 is 1.73 bits per heavy atom. The van der Waals surface area contributed by atoms with Crippen LogP contribution in [-0.2, 0) is 16.1 Å². The van der Waals surface area contributed by atoms with E-state index in [1.807, 2.05) is 35.5 Å². The highest BCUT2D eigenvalue weighted by Gasteiger charge is 2.40. The third-order valence-electron chi connectivity index (χ3n) is 14.0. The van der Waals surface area contributed by atoms with E-state index in [0.717, 1.165) is 133 Å². The molecule has 4 fully saturated rings. The highest BCUT2D eigenvalue weighted by molar-refractivity contribution is 6.06. The predicted octanol–water partition coefficient (Wildman–Crippen LogP) is 9.08. The van der Waals surface area contributed by atoms with Crippen molar-refractivity contribution in [2.45, 2.75) is 82.5 Å². The first-order chi connectivity index (χ1) is 30.6. The topological polar surface area (TPSA) is 81.0 Å². The zero-order valence-corrected chi connectivity index (χ0v) is 35.8. The molecule has 318 valence electrons. The molecule has 9 nitrogen and oxygen atoms in total. The van der Waals surface area contributed by atoms with E-state index in [0.29, 0.717) is 0 Å². The largest absolute Gasteiger partial charge is 0.379 e. The Kier molecular flexibility index (Phi) is 12.1. The number of allylic oxidation sites excluding steroid dienone is 2. The summed E-state index contributed by atoms with van der Waals surface area (Å²) in [5.41, 5.74) is 12.4. The van der Waals surface area contributed by atoms with Gasteiger partial charge in [-0.2, -0.15) is 0 Å². The van der Waals surface area contributed by atoms with E-state index in [1.165, 1.54) is 45.4 Å². The van der Waals surface area contributed by atoms with Gasteiger partial charge in [-0.3, -0.25) is 29.4 Å². The molecule has 6 aliphatic rings. The number of likely N-dealkylation sites (tertiary alicyclic amines) is 3. The van der Waals surface area contributed by atoms with Gasteiger partial charge in [0.05, 0.1) is 25.3 Å².